The van der Waals surface area contributed by atoms with Crippen molar-refractivity contribution >= 4 is 11.9 Å². The largest absolute Gasteiger partial charge is 0.480 e. The molecule has 1 aliphatic rings. The van der Waals surface area contributed by atoms with Crippen molar-refractivity contribution < 1.29 is 14.7 Å². The monoisotopic (exact) mass is 234 g/mol. The second-order valence-electron chi connectivity index (χ2n) is 4.25. The molecular formula is C12H14N2O3. The van der Waals surface area contributed by atoms with Crippen LogP contribution in [0.2, 0.25) is 0 Å². The first-order valence-corrected chi connectivity index (χ1v) is 5.55. The molecule has 0 saturated carbocycles. The molecule has 5 nitrogen and oxygen atoms in total. The minimum absolute atomic E-state index is 0.244. The molecule has 2 rings (SSSR count). The second-order valence-corrected chi connectivity index (χ2v) is 4.25. The van der Waals surface area contributed by atoms with E-state index in [2.05, 4.69) is 4.98 Å². The summed E-state index contributed by atoms with van der Waals surface area (Å²) in [6.07, 6.45) is 4.41. The summed E-state index contributed by atoms with van der Waals surface area (Å²) in [5.74, 6) is -1.18. The Bertz CT molecular complexity index is 459. The van der Waals surface area contributed by atoms with Gasteiger partial charge in [0.1, 0.15) is 6.04 Å². The normalized spacial score (nSPS) is 19.4. The molecule has 0 aliphatic carbocycles. The van der Waals surface area contributed by atoms with Gasteiger partial charge in [-0.2, -0.15) is 0 Å². The summed E-state index contributed by atoms with van der Waals surface area (Å²) in [7, 11) is 0. The number of aryl methyl sites for hydroxylation is 1. The van der Waals surface area contributed by atoms with E-state index >= 15 is 0 Å². The van der Waals surface area contributed by atoms with Gasteiger partial charge in [-0.05, 0) is 31.4 Å². The third kappa shape index (κ3) is 2.27. The number of carboxylic acid groups (broad SMARTS) is 1. The number of pyridine rings is 1. The summed E-state index contributed by atoms with van der Waals surface area (Å²) >= 11 is 0. The zero-order valence-electron chi connectivity index (χ0n) is 9.59. The quantitative estimate of drug-likeness (QED) is 0.831. The highest BCUT2D eigenvalue weighted by atomic mass is 16.4. The van der Waals surface area contributed by atoms with Crippen LogP contribution in [0.1, 0.15) is 28.8 Å². The fourth-order valence-electron chi connectivity index (χ4n) is 2.10. The first-order chi connectivity index (χ1) is 8.09. The maximum atomic E-state index is 12.1. The van der Waals surface area contributed by atoms with Crippen molar-refractivity contribution in [3.63, 3.8) is 0 Å². The molecule has 1 aliphatic heterocycles. The standard InChI is InChI=1S/C12H14N2O3/c1-8-5-9(7-13-6-8)11(15)14-4-2-3-10(14)12(16)17/h5-7,10H,2-4H2,1H3,(H,16,17)/t10-/m1/s1. The van der Waals surface area contributed by atoms with Crippen LogP contribution in [0.15, 0.2) is 18.5 Å². The van der Waals surface area contributed by atoms with Crippen molar-refractivity contribution in [1.82, 2.24) is 9.88 Å². The van der Waals surface area contributed by atoms with Gasteiger partial charge in [0.05, 0.1) is 5.56 Å². The highest BCUT2D eigenvalue weighted by Crippen LogP contribution is 2.20. The Balaban J connectivity index is 2.23. The first kappa shape index (κ1) is 11.6. The Kier molecular flexibility index (Phi) is 3.08. The van der Waals surface area contributed by atoms with E-state index in [1.807, 2.05) is 6.92 Å². The van der Waals surface area contributed by atoms with Crippen LogP contribution in [-0.4, -0.2) is 39.5 Å². The lowest BCUT2D eigenvalue weighted by Crippen LogP contribution is -2.40. The van der Waals surface area contributed by atoms with Gasteiger partial charge in [0, 0.05) is 18.9 Å². The molecule has 0 aromatic carbocycles. The fourth-order valence-corrected chi connectivity index (χ4v) is 2.10. The van der Waals surface area contributed by atoms with Crippen molar-refractivity contribution in [1.29, 1.82) is 0 Å². The maximum absolute atomic E-state index is 12.1. The molecule has 2 heterocycles. The zero-order chi connectivity index (χ0) is 12.4. The third-order valence-corrected chi connectivity index (χ3v) is 2.92. The van der Waals surface area contributed by atoms with Gasteiger partial charge in [0.2, 0.25) is 0 Å². The number of likely N-dealkylation sites (tertiary alicyclic amines) is 1. The SMILES string of the molecule is Cc1cncc(C(=O)N2CCC[C@@H]2C(=O)O)c1. The molecule has 17 heavy (non-hydrogen) atoms. The zero-order valence-corrected chi connectivity index (χ0v) is 9.59. The predicted octanol–water partition coefficient (Wildman–Crippen LogP) is 1.08. The number of hydrogen-bond donors (Lipinski definition) is 1. The topological polar surface area (TPSA) is 70.5 Å². The van der Waals surface area contributed by atoms with Crippen LogP contribution in [0.25, 0.3) is 0 Å². The van der Waals surface area contributed by atoms with E-state index in [1.54, 1.807) is 12.3 Å². The molecule has 0 bridgehead atoms. The Morgan fingerprint density at radius 1 is 1.47 bits per heavy atom. The van der Waals surface area contributed by atoms with E-state index < -0.39 is 12.0 Å². The Morgan fingerprint density at radius 3 is 2.88 bits per heavy atom. The molecule has 0 unspecified atom stereocenters. The van der Waals surface area contributed by atoms with Crippen LogP contribution in [0.4, 0.5) is 0 Å². The molecule has 1 amide bonds. The Morgan fingerprint density at radius 2 is 2.24 bits per heavy atom. The second kappa shape index (κ2) is 4.53. The summed E-state index contributed by atoms with van der Waals surface area (Å²) in [5.41, 5.74) is 1.35. The van der Waals surface area contributed by atoms with E-state index in [9.17, 15) is 9.59 Å². The summed E-state index contributed by atoms with van der Waals surface area (Å²) in [6, 6.07) is 1.04. The van der Waals surface area contributed by atoms with Crippen molar-refractivity contribution in [3.05, 3.63) is 29.6 Å². The molecule has 1 N–H and O–H groups in total. The number of carboxylic acids is 1. The molecule has 90 valence electrons. The molecule has 0 radical (unpaired) electrons. The van der Waals surface area contributed by atoms with Gasteiger partial charge >= 0.3 is 5.97 Å². The lowest BCUT2D eigenvalue weighted by molar-refractivity contribution is -0.141. The average molecular weight is 234 g/mol. The molecule has 1 atom stereocenters. The molecular weight excluding hydrogens is 220 g/mol. The van der Waals surface area contributed by atoms with Crippen LogP contribution in [0.3, 0.4) is 0 Å². The minimum Gasteiger partial charge on any atom is -0.480 e. The van der Waals surface area contributed by atoms with E-state index in [4.69, 9.17) is 5.11 Å². The van der Waals surface area contributed by atoms with Crippen molar-refractivity contribution in [2.24, 2.45) is 0 Å². The predicted molar refractivity (Wildman–Crippen MR) is 60.7 cm³/mol. The summed E-state index contributed by atoms with van der Waals surface area (Å²) in [5, 5.41) is 9.02. The average Bonchev–Trinajstić information content (AvgIpc) is 2.77. The summed E-state index contributed by atoms with van der Waals surface area (Å²) in [6.45, 7) is 2.35. The first-order valence-electron chi connectivity index (χ1n) is 5.55. The summed E-state index contributed by atoms with van der Waals surface area (Å²) < 4.78 is 0. The van der Waals surface area contributed by atoms with Gasteiger partial charge in [-0.3, -0.25) is 9.78 Å². The van der Waals surface area contributed by atoms with Crippen LogP contribution >= 0.6 is 0 Å². The van der Waals surface area contributed by atoms with Gasteiger partial charge < -0.3 is 10.0 Å². The van der Waals surface area contributed by atoms with E-state index in [-0.39, 0.29) is 5.91 Å². The molecule has 0 spiro atoms. The smallest absolute Gasteiger partial charge is 0.326 e. The number of aromatic nitrogens is 1. The van der Waals surface area contributed by atoms with E-state index in [1.165, 1.54) is 11.1 Å². The highest BCUT2D eigenvalue weighted by Gasteiger charge is 2.34. The van der Waals surface area contributed by atoms with Crippen LogP contribution in [-0.2, 0) is 4.79 Å². The molecule has 5 heteroatoms. The van der Waals surface area contributed by atoms with E-state index in [0.29, 0.717) is 18.5 Å². The lowest BCUT2D eigenvalue weighted by Gasteiger charge is -2.21. The fraction of sp³-hybridized carbons (Fsp3) is 0.417. The summed E-state index contributed by atoms with van der Waals surface area (Å²) in [4.78, 5) is 28.5. The van der Waals surface area contributed by atoms with Crippen LogP contribution < -0.4 is 0 Å². The number of aliphatic carboxylic acids is 1. The Labute approximate surface area is 99.1 Å². The highest BCUT2D eigenvalue weighted by molar-refractivity contribution is 5.96. The van der Waals surface area contributed by atoms with Gasteiger partial charge in [-0.15, -0.1) is 0 Å². The molecule has 1 fully saturated rings. The minimum atomic E-state index is -0.934. The van der Waals surface area contributed by atoms with Crippen LogP contribution in [0, 0.1) is 6.92 Å². The van der Waals surface area contributed by atoms with Gasteiger partial charge in [-0.25, -0.2) is 4.79 Å². The molecule has 1 aromatic heterocycles. The number of rotatable bonds is 2. The van der Waals surface area contributed by atoms with Gasteiger partial charge in [0.15, 0.2) is 0 Å². The van der Waals surface area contributed by atoms with Crippen LogP contribution in [0.5, 0.6) is 0 Å². The van der Waals surface area contributed by atoms with Gasteiger partial charge in [0.25, 0.3) is 5.91 Å². The van der Waals surface area contributed by atoms with Crippen molar-refractivity contribution in [2.75, 3.05) is 6.54 Å². The van der Waals surface area contributed by atoms with Gasteiger partial charge in [-0.1, -0.05) is 0 Å². The number of hydrogen-bond acceptors (Lipinski definition) is 3. The molecule has 1 aromatic rings. The maximum Gasteiger partial charge on any atom is 0.326 e. The van der Waals surface area contributed by atoms with Crippen molar-refractivity contribution in [2.45, 2.75) is 25.8 Å². The van der Waals surface area contributed by atoms with E-state index in [0.717, 1.165) is 12.0 Å². The number of nitrogens with zero attached hydrogens (tertiary/aromatic N) is 2. The number of carbonyl (C=O) groups is 2. The number of carbonyl (C=O) groups excluding carboxylic acids is 1. The van der Waals surface area contributed by atoms with Crippen molar-refractivity contribution in [3.8, 4) is 0 Å². The third-order valence-electron chi connectivity index (χ3n) is 2.92. The number of amides is 1. The molecule has 1 saturated heterocycles. The Hall–Kier alpha value is -1.91. The lowest BCUT2D eigenvalue weighted by atomic mass is 10.1.